The van der Waals surface area contributed by atoms with Crippen LogP contribution in [-0.4, -0.2) is 35.0 Å². The van der Waals surface area contributed by atoms with Gasteiger partial charge in [-0.1, -0.05) is 60.2 Å². The number of aryl methyl sites for hydroxylation is 1. The maximum atomic E-state index is 12.4. The molecule has 31 heavy (non-hydrogen) atoms. The number of carbonyl (C=O) groups is 1. The summed E-state index contributed by atoms with van der Waals surface area (Å²) >= 11 is 1.23. The lowest BCUT2D eigenvalue weighted by Gasteiger charge is -2.05. The molecule has 2 aromatic carbocycles. The molecule has 3 N–H and O–H groups in total. The summed E-state index contributed by atoms with van der Waals surface area (Å²) in [6.45, 7) is 1.98. The van der Waals surface area contributed by atoms with Crippen LogP contribution in [0.2, 0.25) is 0 Å². The Labute approximate surface area is 183 Å². The monoisotopic (exact) mass is 453 g/mol. The van der Waals surface area contributed by atoms with Crippen molar-refractivity contribution in [3.05, 3.63) is 71.7 Å². The molecule has 0 aliphatic carbocycles. The third-order valence-corrected chi connectivity index (χ3v) is 6.24. The first-order valence-electron chi connectivity index (χ1n) is 9.31. The van der Waals surface area contributed by atoms with Crippen LogP contribution >= 0.6 is 11.3 Å². The lowest BCUT2D eigenvalue weighted by atomic mass is 10.1. The van der Waals surface area contributed by atoms with E-state index < -0.39 is 21.7 Å². The van der Waals surface area contributed by atoms with Crippen molar-refractivity contribution < 1.29 is 13.2 Å². The number of H-pyrrole nitrogens is 1. The van der Waals surface area contributed by atoms with Crippen molar-refractivity contribution >= 4 is 38.3 Å². The first kappa shape index (κ1) is 20.8. The Balaban J connectivity index is 1.37. The van der Waals surface area contributed by atoms with Crippen LogP contribution in [0.3, 0.4) is 0 Å². The molecule has 4 aromatic rings. The molecule has 2 heterocycles. The number of hydrogen-bond acceptors (Lipinski definition) is 6. The molecular formula is C21H19N5O3S2. The second-order valence-corrected chi connectivity index (χ2v) is 9.41. The molecule has 8 nitrogen and oxygen atoms in total. The van der Waals surface area contributed by atoms with E-state index in [4.69, 9.17) is 0 Å². The lowest BCUT2D eigenvalue weighted by molar-refractivity contribution is -0.113. The largest absolute Gasteiger partial charge is 0.323 e. The normalized spacial score (nSPS) is 11.3. The van der Waals surface area contributed by atoms with Gasteiger partial charge < -0.3 is 10.3 Å². The zero-order valence-electron chi connectivity index (χ0n) is 16.5. The number of rotatable bonds is 7. The fourth-order valence-electron chi connectivity index (χ4n) is 2.84. The minimum absolute atomic E-state index is 0.0454. The Bertz CT molecular complexity index is 1300. The third kappa shape index (κ3) is 5.36. The Morgan fingerprint density at radius 2 is 1.81 bits per heavy atom. The Morgan fingerprint density at radius 3 is 2.55 bits per heavy atom. The summed E-state index contributed by atoms with van der Waals surface area (Å²) in [4.78, 5) is 23.5. The number of imidazole rings is 1. The number of benzene rings is 2. The number of carbonyl (C=O) groups excluding carboxylic acids is 1. The van der Waals surface area contributed by atoms with Crippen LogP contribution in [0, 0.1) is 6.92 Å². The van der Waals surface area contributed by atoms with E-state index in [1.165, 1.54) is 17.5 Å². The highest BCUT2D eigenvalue weighted by atomic mass is 32.2. The van der Waals surface area contributed by atoms with Gasteiger partial charge in [0.25, 0.3) is 0 Å². The van der Waals surface area contributed by atoms with Gasteiger partial charge in [0.1, 0.15) is 5.75 Å². The number of sulfonamides is 1. The highest BCUT2D eigenvalue weighted by molar-refractivity contribution is 7.93. The molecule has 0 atom stereocenters. The van der Waals surface area contributed by atoms with Gasteiger partial charge in [0, 0.05) is 10.9 Å². The summed E-state index contributed by atoms with van der Waals surface area (Å²) in [5.41, 5.74) is 4.28. The Kier molecular flexibility index (Phi) is 5.83. The van der Waals surface area contributed by atoms with E-state index in [2.05, 4.69) is 25.0 Å². The fourth-order valence-corrected chi connectivity index (χ4v) is 4.46. The van der Waals surface area contributed by atoms with Crippen molar-refractivity contribution in [3.8, 4) is 22.5 Å². The van der Waals surface area contributed by atoms with Crippen LogP contribution in [-0.2, 0) is 14.8 Å². The summed E-state index contributed by atoms with van der Waals surface area (Å²) in [7, 11) is -3.95. The molecule has 0 unspecified atom stereocenters. The van der Waals surface area contributed by atoms with Crippen LogP contribution in [0.15, 0.2) is 66.2 Å². The second kappa shape index (κ2) is 8.70. The summed E-state index contributed by atoms with van der Waals surface area (Å²) in [6, 6.07) is 17.2. The average molecular weight is 454 g/mol. The smallest absolute Gasteiger partial charge is 0.244 e. The van der Waals surface area contributed by atoms with E-state index in [-0.39, 0.29) is 5.95 Å². The van der Waals surface area contributed by atoms with Gasteiger partial charge in [-0.25, -0.2) is 18.4 Å². The highest BCUT2D eigenvalue weighted by Crippen LogP contribution is 2.24. The van der Waals surface area contributed by atoms with Crippen molar-refractivity contribution in [3.63, 3.8) is 0 Å². The Hall–Kier alpha value is -3.50. The molecule has 158 valence electrons. The fraction of sp³-hybridized carbons (Fsp3) is 0.0952. The number of thiazole rings is 1. The van der Waals surface area contributed by atoms with Crippen LogP contribution in [0.4, 0.5) is 11.1 Å². The predicted molar refractivity (Wildman–Crippen MR) is 122 cm³/mol. The molecule has 0 fully saturated rings. The maximum absolute atomic E-state index is 12.4. The van der Waals surface area contributed by atoms with Crippen LogP contribution in [0.5, 0.6) is 0 Å². The molecule has 0 aliphatic rings. The van der Waals surface area contributed by atoms with Crippen molar-refractivity contribution in [1.29, 1.82) is 0 Å². The summed E-state index contributed by atoms with van der Waals surface area (Å²) in [6.07, 6.45) is 1.53. The number of hydrogen-bond donors (Lipinski definition) is 3. The van der Waals surface area contributed by atoms with Gasteiger partial charge in [-0.15, -0.1) is 11.3 Å². The van der Waals surface area contributed by atoms with E-state index in [9.17, 15) is 13.2 Å². The summed E-state index contributed by atoms with van der Waals surface area (Å²) < 4.78 is 27.0. The molecule has 4 rings (SSSR count). The molecule has 0 saturated carbocycles. The zero-order valence-corrected chi connectivity index (χ0v) is 18.1. The number of nitrogens with zero attached hydrogens (tertiary/aromatic N) is 2. The first-order chi connectivity index (χ1) is 14.9. The lowest BCUT2D eigenvalue weighted by Crippen LogP contribution is -2.27. The standard InChI is InChI=1S/C21H19N5O3S2/c1-14-7-9-16(10-8-14)17-11-22-20(23-17)26-31(28,29)13-19(27)25-21-24-18(12-30-21)15-5-3-2-4-6-15/h2-12H,13H2,1H3,(H2,22,23,26)(H,24,25,27). The van der Waals surface area contributed by atoms with Gasteiger partial charge >= 0.3 is 0 Å². The molecule has 10 heteroatoms. The molecule has 0 bridgehead atoms. The van der Waals surface area contributed by atoms with E-state index >= 15 is 0 Å². The van der Waals surface area contributed by atoms with Gasteiger partial charge in [0.15, 0.2) is 5.13 Å². The van der Waals surface area contributed by atoms with Gasteiger partial charge in [-0.05, 0) is 12.5 Å². The molecule has 0 saturated heterocycles. The topological polar surface area (TPSA) is 117 Å². The molecule has 1 amide bonds. The SMILES string of the molecule is Cc1ccc(-c2cnc(NS(=O)(=O)CC(=O)Nc3nc(-c4ccccc4)cs3)[nH]2)cc1. The van der Waals surface area contributed by atoms with E-state index in [0.29, 0.717) is 16.5 Å². The van der Waals surface area contributed by atoms with Crippen LogP contribution < -0.4 is 10.0 Å². The second-order valence-electron chi connectivity index (χ2n) is 6.82. The highest BCUT2D eigenvalue weighted by Gasteiger charge is 2.19. The van der Waals surface area contributed by atoms with Gasteiger partial charge in [-0.2, -0.15) is 0 Å². The molecule has 0 radical (unpaired) electrons. The van der Waals surface area contributed by atoms with E-state index in [1.807, 2.05) is 61.5 Å². The van der Waals surface area contributed by atoms with E-state index in [0.717, 1.165) is 16.7 Å². The molecule has 0 aliphatic heterocycles. The number of nitrogens with one attached hydrogen (secondary N) is 3. The maximum Gasteiger partial charge on any atom is 0.244 e. The Morgan fingerprint density at radius 1 is 1.06 bits per heavy atom. The van der Waals surface area contributed by atoms with Crippen molar-refractivity contribution in [2.75, 3.05) is 15.8 Å². The summed E-state index contributed by atoms with van der Waals surface area (Å²) in [5, 5.41) is 4.66. The van der Waals surface area contributed by atoms with Crippen LogP contribution in [0.1, 0.15) is 5.56 Å². The zero-order chi connectivity index (χ0) is 21.8. The minimum atomic E-state index is -3.95. The van der Waals surface area contributed by atoms with E-state index in [1.54, 1.807) is 5.38 Å². The van der Waals surface area contributed by atoms with Crippen molar-refractivity contribution in [2.24, 2.45) is 0 Å². The van der Waals surface area contributed by atoms with Gasteiger partial charge in [-0.3, -0.25) is 9.52 Å². The number of aromatic amines is 1. The van der Waals surface area contributed by atoms with Crippen molar-refractivity contribution in [2.45, 2.75) is 6.92 Å². The minimum Gasteiger partial charge on any atom is -0.323 e. The third-order valence-electron chi connectivity index (χ3n) is 4.33. The molecular weight excluding hydrogens is 434 g/mol. The number of aromatic nitrogens is 3. The average Bonchev–Trinajstić information content (AvgIpc) is 3.38. The van der Waals surface area contributed by atoms with Crippen molar-refractivity contribution in [1.82, 2.24) is 15.0 Å². The van der Waals surface area contributed by atoms with Gasteiger partial charge in [0.05, 0.1) is 17.6 Å². The summed E-state index contributed by atoms with van der Waals surface area (Å²) in [5.74, 6) is -1.40. The molecule has 0 spiro atoms. The number of anilines is 2. The first-order valence-corrected chi connectivity index (χ1v) is 11.8. The number of amides is 1. The molecule has 2 aromatic heterocycles. The van der Waals surface area contributed by atoms with Gasteiger partial charge in [0.2, 0.25) is 21.9 Å². The predicted octanol–water partition coefficient (Wildman–Crippen LogP) is 3.89. The van der Waals surface area contributed by atoms with Crippen LogP contribution in [0.25, 0.3) is 22.5 Å². The quantitative estimate of drug-likeness (QED) is 0.392.